The first-order valence-corrected chi connectivity index (χ1v) is 10.6. The Balaban J connectivity index is 1.49. The van der Waals surface area contributed by atoms with Crippen LogP contribution in [0.5, 0.6) is 0 Å². The van der Waals surface area contributed by atoms with Gasteiger partial charge in [0.15, 0.2) is 6.61 Å². The number of benzene rings is 2. The summed E-state index contributed by atoms with van der Waals surface area (Å²) in [5.41, 5.74) is 2.00. The molecule has 2 aromatic rings. The van der Waals surface area contributed by atoms with E-state index in [0.29, 0.717) is 10.2 Å². The maximum absolute atomic E-state index is 12.1. The minimum absolute atomic E-state index is 0.210. The topological polar surface area (TPSA) is 61.9 Å². The zero-order chi connectivity index (χ0) is 20.8. The van der Waals surface area contributed by atoms with Crippen molar-refractivity contribution >= 4 is 50.8 Å². The molecular weight excluding hydrogens is 458 g/mol. The fourth-order valence-corrected chi connectivity index (χ4v) is 3.69. The van der Waals surface area contributed by atoms with E-state index in [1.165, 1.54) is 0 Å². The average Bonchev–Trinajstić information content (AvgIpc) is 2.74. The van der Waals surface area contributed by atoms with Gasteiger partial charge in [0, 0.05) is 42.0 Å². The van der Waals surface area contributed by atoms with E-state index in [9.17, 15) is 9.59 Å². The number of amides is 1. The lowest BCUT2D eigenvalue weighted by atomic mass is 10.2. The number of hydrogen-bond donors (Lipinski definition) is 1. The number of halogens is 2. The lowest BCUT2D eigenvalue weighted by molar-refractivity contribution is -0.119. The van der Waals surface area contributed by atoms with Crippen molar-refractivity contribution in [2.24, 2.45) is 0 Å². The van der Waals surface area contributed by atoms with Gasteiger partial charge < -0.3 is 19.9 Å². The van der Waals surface area contributed by atoms with Gasteiger partial charge in [0.2, 0.25) is 0 Å². The summed E-state index contributed by atoms with van der Waals surface area (Å²) in [7, 11) is 0. The van der Waals surface area contributed by atoms with Gasteiger partial charge in [-0.05, 0) is 49.0 Å². The third kappa shape index (κ3) is 5.95. The van der Waals surface area contributed by atoms with Crippen LogP contribution in [-0.2, 0) is 9.53 Å². The number of rotatable bonds is 6. The molecule has 1 fully saturated rings. The first kappa shape index (κ1) is 21.6. The zero-order valence-corrected chi connectivity index (χ0v) is 18.5. The number of nitrogens with zero attached hydrogens (tertiary/aromatic N) is 2. The molecule has 1 amide bonds. The van der Waals surface area contributed by atoms with Crippen LogP contribution in [-0.4, -0.2) is 56.1 Å². The summed E-state index contributed by atoms with van der Waals surface area (Å²) in [6.07, 6.45) is 0. The van der Waals surface area contributed by atoms with E-state index in [4.69, 9.17) is 16.3 Å². The molecular formula is C21H23BrClN3O3. The van der Waals surface area contributed by atoms with Gasteiger partial charge in [-0.3, -0.25) is 4.79 Å². The molecule has 1 heterocycles. The van der Waals surface area contributed by atoms with E-state index in [1.54, 1.807) is 18.2 Å². The highest BCUT2D eigenvalue weighted by Gasteiger charge is 2.16. The lowest BCUT2D eigenvalue weighted by Gasteiger charge is -2.35. The molecule has 3 rings (SSSR count). The fourth-order valence-electron chi connectivity index (χ4n) is 3.14. The highest BCUT2D eigenvalue weighted by Crippen LogP contribution is 2.22. The summed E-state index contributed by atoms with van der Waals surface area (Å²) >= 11 is 9.28. The van der Waals surface area contributed by atoms with Gasteiger partial charge in [0.05, 0.1) is 10.6 Å². The summed E-state index contributed by atoms with van der Waals surface area (Å²) in [4.78, 5) is 29.0. The number of carbonyl (C=O) groups is 2. The van der Waals surface area contributed by atoms with E-state index in [1.807, 2.05) is 24.3 Å². The second-order valence-corrected chi connectivity index (χ2v) is 8.04. The molecule has 0 atom stereocenters. The van der Waals surface area contributed by atoms with Crippen LogP contribution in [0.4, 0.5) is 11.4 Å². The molecule has 8 heteroatoms. The predicted molar refractivity (Wildman–Crippen MR) is 119 cm³/mol. The first-order valence-electron chi connectivity index (χ1n) is 9.45. The normalized spacial score (nSPS) is 14.5. The predicted octanol–water partition coefficient (Wildman–Crippen LogP) is 4.04. The Bertz CT molecular complexity index is 868. The van der Waals surface area contributed by atoms with Crippen LogP contribution >= 0.6 is 27.5 Å². The van der Waals surface area contributed by atoms with Gasteiger partial charge in [0.25, 0.3) is 5.91 Å². The number of ether oxygens (including phenoxy) is 1. The van der Waals surface area contributed by atoms with Crippen molar-refractivity contribution in [3.8, 4) is 0 Å². The van der Waals surface area contributed by atoms with E-state index in [-0.39, 0.29) is 17.2 Å². The maximum atomic E-state index is 12.1. The van der Waals surface area contributed by atoms with Crippen molar-refractivity contribution in [3.63, 3.8) is 0 Å². The standard InChI is InChI=1S/C21H23BrClN3O3/c1-2-25-9-11-26(12-10-25)17-6-4-16(5-7-17)24-20(27)14-29-21(28)18-13-15(22)3-8-19(18)23/h3-8,13H,2,9-12,14H2,1H3,(H,24,27). The van der Waals surface area contributed by atoms with E-state index in [0.717, 1.165) is 38.4 Å². The number of likely N-dealkylation sites (N-methyl/N-ethyl adjacent to an activating group) is 1. The van der Waals surface area contributed by atoms with Crippen LogP contribution in [0.15, 0.2) is 46.9 Å². The second-order valence-electron chi connectivity index (χ2n) is 6.72. The van der Waals surface area contributed by atoms with Crippen molar-refractivity contribution in [3.05, 3.63) is 57.5 Å². The number of anilines is 2. The molecule has 0 spiro atoms. The second kappa shape index (κ2) is 10.1. The van der Waals surface area contributed by atoms with Crippen molar-refractivity contribution in [1.82, 2.24) is 4.90 Å². The Hall–Kier alpha value is -2.09. The number of nitrogens with one attached hydrogen (secondary N) is 1. The summed E-state index contributed by atoms with van der Waals surface area (Å²) < 4.78 is 5.77. The lowest BCUT2D eigenvalue weighted by Crippen LogP contribution is -2.46. The Morgan fingerprint density at radius 3 is 2.45 bits per heavy atom. The molecule has 1 N–H and O–H groups in total. The Morgan fingerprint density at radius 2 is 1.79 bits per heavy atom. The molecule has 1 aliphatic heterocycles. The molecule has 29 heavy (non-hydrogen) atoms. The molecule has 0 unspecified atom stereocenters. The van der Waals surface area contributed by atoms with Crippen LogP contribution in [0.1, 0.15) is 17.3 Å². The molecule has 1 saturated heterocycles. The minimum atomic E-state index is -0.645. The Labute approximate surface area is 183 Å². The Morgan fingerprint density at radius 1 is 1.10 bits per heavy atom. The smallest absolute Gasteiger partial charge is 0.340 e. The van der Waals surface area contributed by atoms with Crippen molar-refractivity contribution in [2.45, 2.75) is 6.92 Å². The summed E-state index contributed by atoms with van der Waals surface area (Å²) in [6.45, 7) is 6.98. The average molecular weight is 481 g/mol. The molecule has 0 saturated carbocycles. The third-order valence-corrected chi connectivity index (χ3v) is 5.64. The maximum Gasteiger partial charge on any atom is 0.340 e. The highest BCUT2D eigenvalue weighted by atomic mass is 79.9. The molecule has 154 valence electrons. The van der Waals surface area contributed by atoms with Crippen molar-refractivity contribution < 1.29 is 14.3 Å². The molecule has 2 aromatic carbocycles. The number of hydrogen-bond acceptors (Lipinski definition) is 5. The summed E-state index contributed by atoms with van der Waals surface area (Å²) in [5.74, 6) is -1.05. The van der Waals surface area contributed by atoms with Crippen LogP contribution < -0.4 is 10.2 Å². The van der Waals surface area contributed by atoms with E-state index >= 15 is 0 Å². The third-order valence-electron chi connectivity index (χ3n) is 4.82. The molecule has 0 aromatic heterocycles. The highest BCUT2D eigenvalue weighted by molar-refractivity contribution is 9.10. The van der Waals surface area contributed by atoms with Crippen molar-refractivity contribution in [1.29, 1.82) is 0 Å². The first-order chi connectivity index (χ1) is 14.0. The molecule has 1 aliphatic rings. The number of piperazine rings is 1. The van der Waals surface area contributed by atoms with Gasteiger partial charge in [0.1, 0.15) is 0 Å². The largest absolute Gasteiger partial charge is 0.452 e. The number of esters is 1. The number of carbonyl (C=O) groups excluding carboxylic acids is 2. The van der Waals surface area contributed by atoms with Crippen LogP contribution in [0.2, 0.25) is 5.02 Å². The van der Waals surface area contributed by atoms with Crippen molar-refractivity contribution in [2.75, 3.05) is 49.5 Å². The Kier molecular flexibility index (Phi) is 7.52. The SMILES string of the molecule is CCN1CCN(c2ccc(NC(=O)COC(=O)c3cc(Br)ccc3Cl)cc2)CC1. The van der Waals surface area contributed by atoms with E-state index in [2.05, 4.69) is 38.0 Å². The zero-order valence-electron chi connectivity index (χ0n) is 16.2. The van der Waals surface area contributed by atoms with E-state index < -0.39 is 11.9 Å². The van der Waals surface area contributed by atoms with Crippen LogP contribution in [0.25, 0.3) is 0 Å². The van der Waals surface area contributed by atoms with Gasteiger partial charge >= 0.3 is 5.97 Å². The fraction of sp³-hybridized carbons (Fsp3) is 0.333. The quantitative estimate of drug-likeness (QED) is 0.632. The van der Waals surface area contributed by atoms with Gasteiger partial charge in [-0.25, -0.2) is 4.79 Å². The molecule has 6 nitrogen and oxygen atoms in total. The summed E-state index contributed by atoms with van der Waals surface area (Å²) in [6, 6.07) is 12.6. The minimum Gasteiger partial charge on any atom is -0.452 e. The monoisotopic (exact) mass is 479 g/mol. The van der Waals surface area contributed by atoms with Gasteiger partial charge in [-0.2, -0.15) is 0 Å². The van der Waals surface area contributed by atoms with Gasteiger partial charge in [-0.1, -0.05) is 34.5 Å². The van der Waals surface area contributed by atoms with Crippen LogP contribution in [0.3, 0.4) is 0 Å². The molecule has 0 aliphatic carbocycles. The molecule has 0 radical (unpaired) electrons. The molecule has 0 bridgehead atoms. The van der Waals surface area contributed by atoms with Crippen LogP contribution in [0, 0.1) is 0 Å². The van der Waals surface area contributed by atoms with Gasteiger partial charge in [-0.15, -0.1) is 0 Å². The summed E-state index contributed by atoms with van der Waals surface area (Å²) in [5, 5.41) is 3.01.